The van der Waals surface area contributed by atoms with E-state index in [0.717, 1.165) is 27.7 Å². The highest BCUT2D eigenvalue weighted by Crippen LogP contribution is 2.32. The quantitative estimate of drug-likeness (QED) is 0.238. The Morgan fingerprint density at radius 2 is 1.63 bits per heavy atom. The van der Waals surface area contributed by atoms with Gasteiger partial charge in [-0.2, -0.15) is 0 Å². The van der Waals surface area contributed by atoms with Crippen molar-refractivity contribution >= 4 is 29.8 Å². The standard InChI is InChI=1S/C17H25NO12/c1-7(19)18-13-11(23)5-17(26,16(24)25)30-15(13)14(29-10(4)22)12(28-9(3)21)6-27-8(2)20/h11-15,23,26H,5-6H2,1-4H3,(H,18,19)(H,24,25)/t11-,12+,13+,14+,15+,17+/m0/s1. The summed E-state index contributed by atoms with van der Waals surface area (Å²) in [6.45, 7) is 3.54. The van der Waals surface area contributed by atoms with Gasteiger partial charge < -0.3 is 39.6 Å². The Labute approximate surface area is 171 Å². The van der Waals surface area contributed by atoms with Crippen molar-refractivity contribution in [2.24, 2.45) is 0 Å². The first kappa shape index (κ1) is 25.3. The van der Waals surface area contributed by atoms with Crippen LogP contribution < -0.4 is 5.32 Å². The van der Waals surface area contributed by atoms with Gasteiger partial charge in [0.15, 0.2) is 12.2 Å². The van der Waals surface area contributed by atoms with Crippen molar-refractivity contribution in [3.63, 3.8) is 0 Å². The minimum atomic E-state index is -2.90. The van der Waals surface area contributed by atoms with Crippen LogP contribution in [0.25, 0.3) is 0 Å². The van der Waals surface area contributed by atoms with Crippen molar-refractivity contribution in [2.75, 3.05) is 6.61 Å². The van der Waals surface area contributed by atoms with Gasteiger partial charge in [0.2, 0.25) is 5.91 Å². The van der Waals surface area contributed by atoms with E-state index in [9.17, 15) is 39.3 Å². The molecule has 170 valence electrons. The molecule has 0 aromatic carbocycles. The molecule has 0 aliphatic carbocycles. The third-order valence-corrected chi connectivity index (χ3v) is 4.05. The Morgan fingerprint density at radius 3 is 2.07 bits per heavy atom. The van der Waals surface area contributed by atoms with E-state index in [1.165, 1.54) is 0 Å². The van der Waals surface area contributed by atoms with Gasteiger partial charge in [-0.3, -0.25) is 19.2 Å². The van der Waals surface area contributed by atoms with E-state index in [-0.39, 0.29) is 0 Å². The highest BCUT2D eigenvalue weighted by molar-refractivity contribution is 5.76. The Morgan fingerprint density at radius 1 is 1.07 bits per heavy atom. The molecule has 0 aromatic rings. The third kappa shape index (κ3) is 6.93. The molecular formula is C17H25NO12. The van der Waals surface area contributed by atoms with Crippen molar-refractivity contribution in [1.29, 1.82) is 0 Å². The zero-order chi connectivity index (χ0) is 23.2. The fourth-order valence-electron chi connectivity index (χ4n) is 2.95. The van der Waals surface area contributed by atoms with Gasteiger partial charge in [-0.1, -0.05) is 0 Å². The summed E-state index contributed by atoms with van der Waals surface area (Å²) in [6, 6.07) is -1.37. The monoisotopic (exact) mass is 435 g/mol. The number of aliphatic hydroxyl groups is 2. The van der Waals surface area contributed by atoms with Crippen LogP contribution in [0, 0.1) is 0 Å². The van der Waals surface area contributed by atoms with Crippen molar-refractivity contribution < 1.29 is 58.2 Å². The number of carboxylic acids is 1. The highest BCUT2D eigenvalue weighted by Gasteiger charge is 2.55. The Balaban J connectivity index is 3.44. The van der Waals surface area contributed by atoms with E-state index in [1.54, 1.807) is 0 Å². The van der Waals surface area contributed by atoms with Crippen molar-refractivity contribution in [3.05, 3.63) is 0 Å². The lowest BCUT2D eigenvalue weighted by Gasteiger charge is -2.45. The molecule has 1 amide bonds. The first-order valence-electron chi connectivity index (χ1n) is 8.83. The summed E-state index contributed by atoms with van der Waals surface area (Å²) >= 11 is 0. The first-order chi connectivity index (χ1) is 13.8. The normalized spacial score (nSPS) is 27.9. The smallest absolute Gasteiger partial charge is 0.364 e. The second-order valence-electron chi connectivity index (χ2n) is 6.69. The Bertz CT molecular complexity index is 694. The minimum absolute atomic E-state index is 0.624. The van der Waals surface area contributed by atoms with Gasteiger partial charge in [0, 0.05) is 34.1 Å². The molecule has 0 aromatic heterocycles. The zero-order valence-electron chi connectivity index (χ0n) is 16.8. The number of carbonyl (C=O) groups excluding carboxylic acids is 4. The van der Waals surface area contributed by atoms with E-state index in [2.05, 4.69) is 5.32 Å². The van der Waals surface area contributed by atoms with Gasteiger partial charge in [0.25, 0.3) is 5.79 Å². The zero-order valence-corrected chi connectivity index (χ0v) is 16.8. The predicted octanol–water partition coefficient (Wildman–Crippen LogP) is -2.16. The van der Waals surface area contributed by atoms with Crippen LogP contribution in [0.1, 0.15) is 34.1 Å². The maximum atomic E-state index is 11.7. The number of carbonyl (C=O) groups is 5. The number of aliphatic hydroxyl groups excluding tert-OH is 1. The van der Waals surface area contributed by atoms with E-state index in [4.69, 9.17) is 18.9 Å². The number of hydrogen-bond acceptors (Lipinski definition) is 11. The van der Waals surface area contributed by atoms with Gasteiger partial charge in [-0.25, -0.2) is 4.79 Å². The topological polar surface area (TPSA) is 195 Å². The molecule has 1 aliphatic rings. The van der Waals surface area contributed by atoms with Crippen LogP contribution in [0.15, 0.2) is 0 Å². The molecule has 0 spiro atoms. The molecule has 0 radical (unpaired) electrons. The molecule has 0 saturated carbocycles. The summed E-state index contributed by atoms with van der Waals surface area (Å²) < 4.78 is 20.2. The molecule has 30 heavy (non-hydrogen) atoms. The van der Waals surface area contributed by atoms with Crippen LogP contribution in [-0.4, -0.2) is 88.0 Å². The molecule has 4 N–H and O–H groups in total. The maximum Gasteiger partial charge on any atom is 0.364 e. The molecular weight excluding hydrogens is 410 g/mol. The fraction of sp³-hybridized carbons (Fsp3) is 0.706. The Hall–Kier alpha value is -2.77. The molecule has 1 saturated heterocycles. The molecule has 0 bridgehead atoms. The minimum Gasteiger partial charge on any atom is -0.477 e. The number of nitrogens with one attached hydrogen (secondary N) is 1. The van der Waals surface area contributed by atoms with E-state index in [0.29, 0.717) is 0 Å². The number of carboxylic acid groups (broad SMARTS) is 1. The lowest BCUT2D eigenvalue weighted by molar-refractivity contribution is -0.297. The SMILES string of the molecule is CC(=O)N[C@H]1[C@H]([C@H](OC(C)=O)[C@@H](COC(C)=O)OC(C)=O)O[C@@](O)(C(=O)O)C[C@@H]1O. The van der Waals surface area contributed by atoms with Gasteiger partial charge >= 0.3 is 23.9 Å². The molecule has 1 aliphatic heterocycles. The molecule has 1 rings (SSSR count). The molecule has 6 atom stereocenters. The number of aliphatic carboxylic acids is 1. The van der Waals surface area contributed by atoms with Crippen LogP contribution >= 0.6 is 0 Å². The molecule has 1 fully saturated rings. The third-order valence-electron chi connectivity index (χ3n) is 4.05. The lowest BCUT2D eigenvalue weighted by Crippen LogP contribution is -2.68. The Kier molecular flexibility index (Phi) is 8.69. The van der Waals surface area contributed by atoms with E-state index >= 15 is 0 Å². The molecule has 13 heteroatoms. The first-order valence-corrected chi connectivity index (χ1v) is 8.83. The summed E-state index contributed by atoms with van der Waals surface area (Å²) in [6.07, 6.45) is -7.37. The van der Waals surface area contributed by atoms with Crippen molar-refractivity contribution in [3.8, 4) is 0 Å². The number of hydrogen-bond donors (Lipinski definition) is 4. The second-order valence-corrected chi connectivity index (χ2v) is 6.69. The highest BCUT2D eigenvalue weighted by atomic mass is 16.7. The van der Waals surface area contributed by atoms with Crippen LogP contribution in [0.2, 0.25) is 0 Å². The van der Waals surface area contributed by atoms with Gasteiger partial charge in [0.1, 0.15) is 12.7 Å². The lowest BCUT2D eigenvalue weighted by atomic mass is 9.88. The van der Waals surface area contributed by atoms with E-state index < -0.39 is 79.1 Å². The maximum absolute atomic E-state index is 11.7. The van der Waals surface area contributed by atoms with Crippen molar-refractivity contribution in [2.45, 2.75) is 70.4 Å². The van der Waals surface area contributed by atoms with Crippen LogP contribution in [-0.2, 0) is 42.9 Å². The summed E-state index contributed by atoms with van der Waals surface area (Å²) in [7, 11) is 0. The summed E-state index contributed by atoms with van der Waals surface area (Å²) in [5.41, 5.74) is 0. The van der Waals surface area contributed by atoms with Gasteiger partial charge in [-0.05, 0) is 0 Å². The van der Waals surface area contributed by atoms with Crippen LogP contribution in [0.4, 0.5) is 0 Å². The van der Waals surface area contributed by atoms with Crippen LogP contribution in [0.5, 0.6) is 0 Å². The summed E-state index contributed by atoms with van der Waals surface area (Å²) in [5.74, 6) is -7.97. The molecule has 1 heterocycles. The average Bonchev–Trinajstić information content (AvgIpc) is 2.58. The summed E-state index contributed by atoms with van der Waals surface area (Å²) in [5, 5.41) is 32.3. The number of esters is 3. The average molecular weight is 435 g/mol. The number of rotatable bonds is 8. The molecule has 13 nitrogen and oxygen atoms in total. The summed E-state index contributed by atoms with van der Waals surface area (Å²) in [4.78, 5) is 57.4. The van der Waals surface area contributed by atoms with Crippen molar-refractivity contribution in [1.82, 2.24) is 5.32 Å². The number of amides is 1. The van der Waals surface area contributed by atoms with Gasteiger partial charge in [-0.15, -0.1) is 0 Å². The fourth-order valence-corrected chi connectivity index (χ4v) is 2.95. The number of ether oxygens (including phenoxy) is 4. The van der Waals surface area contributed by atoms with E-state index in [1.807, 2.05) is 0 Å². The van der Waals surface area contributed by atoms with Crippen LogP contribution in [0.3, 0.4) is 0 Å². The largest absolute Gasteiger partial charge is 0.477 e. The predicted molar refractivity (Wildman–Crippen MR) is 93.4 cm³/mol. The second kappa shape index (κ2) is 10.3. The van der Waals surface area contributed by atoms with Gasteiger partial charge in [0.05, 0.1) is 12.1 Å². The molecule has 0 unspecified atom stereocenters.